The highest BCUT2D eigenvalue weighted by molar-refractivity contribution is 5.94. The molecule has 1 aliphatic heterocycles. The minimum Gasteiger partial charge on any atom is -0.497 e. The molecule has 0 bridgehead atoms. The summed E-state index contributed by atoms with van der Waals surface area (Å²) in [7, 11) is 1.64. The van der Waals surface area contributed by atoms with Crippen molar-refractivity contribution in [3.63, 3.8) is 0 Å². The quantitative estimate of drug-likeness (QED) is 0.513. The molecule has 0 unspecified atom stereocenters. The summed E-state index contributed by atoms with van der Waals surface area (Å²) >= 11 is 0. The monoisotopic (exact) mass is 349 g/mol. The number of nitro benzene ring substituents is 1. The van der Waals surface area contributed by atoms with Gasteiger partial charge in [0.2, 0.25) is 0 Å². The van der Waals surface area contributed by atoms with E-state index in [0.717, 1.165) is 30.7 Å². The van der Waals surface area contributed by atoms with Crippen molar-refractivity contribution in [2.75, 3.05) is 18.6 Å². The number of nitrogens with zero attached hydrogens (tertiary/aromatic N) is 3. The predicted octanol–water partition coefficient (Wildman–Crippen LogP) is 4.49. The lowest BCUT2D eigenvalue weighted by Gasteiger charge is -2.27. The summed E-state index contributed by atoms with van der Waals surface area (Å²) in [4.78, 5) is 18.0. The van der Waals surface area contributed by atoms with Crippen molar-refractivity contribution in [3.8, 4) is 5.75 Å². The summed E-state index contributed by atoms with van der Waals surface area (Å²) in [6, 6.07) is 15.3. The molecule has 1 aliphatic rings. The van der Waals surface area contributed by atoms with Gasteiger partial charge in [0, 0.05) is 12.7 Å². The molecule has 1 aromatic heterocycles. The lowest BCUT2D eigenvalue weighted by Crippen LogP contribution is -2.23. The van der Waals surface area contributed by atoms with Gasteiger partial charge in [0.15, 0.2) is 0 Å². The van der Waals surface area contributed by atoms with Crippen LogP contribution < -0.4 is 9.64 Å². The maximum Gasteiger partial charge on any atom is 0.301 e. The van der Waals surface area contributed by atoms with E-state index in [1.807, 2.05) is 36.4 Å². The maximum absolute atomic E-state index is 11.9. The molecule has 1 fully saturated rings. The Hall–Kier alpha value is -3.15. The number of benzene rings is 2. The Kier molecular flexibility index (Phi) is 4.16. The number of ether oxygens (including phenoxy) is 1. The second kappa shape index (κ2) is 6.63. The fourth-order valence-electron chi connectivity index (χ4n) is 3.78. The van der Waals surface area contributed by atoms with Crippen LogP contribution in [0.2, 0.25) is 0 Å². The standard InChI is InChI=1S/C20H19N3O3/c1-26-15-8-6-14(7-9-15)18-5-3-13-22(18)19-11-10-17-16(4-2-12-21-17)20(19)23(24)25/h2,4,6-12,18H,3,5,13H2,1H3/t18-/m0/s1. The third-order valence-corrected chi connectivity index (χ3v) is 4.98. The molecular formula is C20H19N3O3. The van der Waals surface area contributed by atoms with Crippen molar-refractivity contribution < 1.29 is 9.66 Å². The van der Waals surface area contributed by atoms with Gasteiger partial charge in [-0.25, -0.2) is 0 Å². The van der Waals surface area contributed by atoms with E-state index in [4.69, 9.17) is 4.74 Å². The van der Waals surface area contributed by atoms with Crippen molar-refractivity contribution in [1.29, 1.82) is 0 Å². The van der Waals surface area contributed by atoms with Crippen LogP contribution in [0.25, 0.3) is 10.9 Å². The summed E-state index contributed by atoms with van der Waals surface area (Å²) in [5.41, 5.74) is 2.58. The van der Waals surface area contributed by atoms with E-state index in [1.165, 1.54) is 0 Å². The van der Waals surface area contributed by atoms with Crippen LogP contribution >= 0.6 is 0 Å². The molecule has 4 rings (SSSR count). The lowest BCUT2D eigenvalue weighted by molar-refractivity contribution is -0.382. The molecule has 132 valence electrons. The number of anilines is 1. The highest BCUT2D eigenvalue weighted by atomic mass is 16.6. The van der Waals surface area contributed by atoms with Crippen molar-refractivity contribution >= 4 is 22.3 Å². The fraction of sp³-hybridized carbons (Fsp3) is 0.250. The first-order valence-electron chi connectivity index (χ1n) is 8.62. The lowest BCUT2D eigenvalue weighted by atomic mass is 10.0. The van der Waals surface area contributed by atoms with Gasteiger partial charge in [-0.2, -0.15) is 0 Å². The molecule has 1 atom stereocenters. The van der Waals surface area contributed by atoms with E-state index < -0.39 is 0 Å². The molecule has 0 saturated carbocycles. The van der Waals surface area contributed by atoms with Crippen LogP contribution in [0, 0.1) is 10.1 Å². The van der Waals surface area contributed by atoms with Crippen LogP contribution in [0.4, 0.5) is 11.4 Å². The Morgan fingerprint density at radius 1 is 1.19 bits per heavy atom. The molecule has 26 heavy (non-hydrogen) atoms. The van der Waals surface area contributed by atoms with Gasteiger partial charge in [-0.05, 0) is 54.8 Å². The minimum atomic E-state index is -0.289. The smallest absolute Gasteiger partial charge is 0.301 e. The van der Waals surface area contributed by atoms with Gasteiger partial charge in [0.25, 0.3) is 0 Å². The molecule has 0 amide bonds. The van der Waals surface area contributed by atoms with Crippen LogP contribution in [0.3, 0.4) is 0 Å². The molecule has 0 spiro atoms. The average Bonchev–Trinajstić information content (AvgIpc) is 3.16. The molecule has 0 radical (unpaired) electrons. The van der Waals surface area contributed by atoms with Gasteiger partial charge in [-0.1, -0.05) is 12.1 Å². The van der Waals surface area contributed by atoms with Crippen molar-refractivity contribution in [2.45, 2.75) is 18.9 Å². The number of rotatable bonds is 4. The zero-order valence-electron chi connectivity index (χ0n) is 14.5. The van der Waals surface area contributed by atoms with E-state index in [1.54, 1.807) is 25.4 Å². The van der Waals surface area contributed by atoms with Crippen molar-refractivity contribution in [1.82, 2.24) is 4.98 Å². The van der Waals surface area contributed by atoms with Crippen LogP contribution in [-0.4, -0.2) is 23.6 Å². The molecule has 0 N–H and O–H groups in total. The molecule has 2 heterocycles. The molecule has 6 heteroatoms. The highest BCUT2D eigenvalue weighted by Crippen LogP contribution is 2.43. The Bertz CT molecular complexity index is 956. The van der Waals surface area contributed by atoms with Gasteiger partial charge >= 0.3 is 5.69 Å². The normalized spacial score (nSPS) is 16.8. The third-order valence-electron chi connectivity index (χ3n) is 4.98. The summed E-state index contributed by atoms with van der Waals surface area (Å²) < 4.78 is 5.23. The van der Waals surface area contributed by atoms with E-state index in [0.29, 0.717) is 16.6 Å². The number of pyridine rings is 1. The fourth-order valence-corrected chi connectivity index (χ4v) is 3.78. The first kappa shape index (κ1) is 16.3. The second-order valence-electron chi connectivity index (χ2n) is 6.39. The van der Waals surface area contributed by atoms with Crippen LogP contribution in [0.1, 0.15) is 24.4 Å². The van der Waals surface area contributed by atoms with Gasteiger partial charge in [0.1, 0.15) is 11.4 Å². The van der Waals surface area contributed by atoms with Crippen LogP contribution in [-0.2, 0) is 0 Å². The second-order valence-corrected chi connectivity index (χ2v) is 6.39. The van der Waals surface area contributed by atoms with Crippen molar-refractivity contribution in [3.05, 3.63) is 70.4 Å². The van der Waals surface area contributed by atoms with E-state index in [-0.39, 0.29) is 16.7 Å². The van der Waals surface area contributed by atoms with E-state index >= 15 is 0 Å². The summed E-state index contributed by atoms with van der Waals surface area (Å²) in [5, 5.41) is 12.4. The number of methoxy groups -OCH3 is 1. The average molecular weight is 349 g/mol. The third kappa shape index (κ3) is 2.73. The van der Waals surface area contributed by atoms with Gasteiger partial charge in [-0.3, -0.25) is 15.1 Å². The topological polar surface area (TPSA) is 68.5 Å². The Morgan fingerprint density at radius 3 is 2.73 bits per heavy atom. The molecule has 1 saturated heterocycles. The summed E-state index contributed by atoms with van der Waals surface area (Å²) in [6.45, 7) is 0.795. The molecule has 2 aromatic carbocycles. The molecule has 6 nitrogen and oxygen atoms in total. The minimum absolute atomic E-state index is 0.119. The summed E-state index contributed by atoms with van der Waals surface area (Å²) in [6.07, 6.45) is 3.62. The van der Waals surface area contributed by atoms with Gasteiger partial charge < -0.3 is 9.64 Å². The number of nitro groups is 1. The van der Waals surface area contributed by atoms with Gasteiger partial charge in [0.05, 0.1) is 29.0 Å². The number of fused-ring (bicyclic) bond motifs is 1. The highest BCUT2D eigenvalue weighted by Gasteiger charge is 2.32. The molecular weight excluding hydrogens is 330 g/mol. The molecule has 3 aromatic rings. The van der Waals surface area contributed by atoms with E-state index in [9.17, 15) is 10.1 Å². The Balaban J connectivity index is 1.80. The van der Waals surface area contributed by atoms with Crippen LogP contribution in [0.15, 0.2) is 54.7 Å². The molecule has 0 aliphatic carbocycles. The number of aromatic nitrogens is 1. The van der Waals surface area contributed by atoms with E-state index in [2.05, 4.69) is 9.88 Å². The largest absolute Gasteiger partial charge is 0.497 e. The Morgan fingerprint density at radius 2 is 2.00 bits per heavy atom. The first-order valence-corrected chi connectivity index (χ1v) is 8.62. The number of hydrogen-bond acceptors (Lipinski definition) is 5. The number of hydrogen-bond donors (Lipinski definition) is 0. The van der Waals surface area contributed by atoms with Gasteiger partial charge in [-0.15, -0.1) is 0 Å². The SMILES string of the molecule is COc1ccc([C@@H]2CCCN2c2ccc3ncccc3c2[N+](=O)[O-])cc1. The zero-order chi connectivity index (χ0) is 18.1. The Labute approximate surface area is 151 Å². The zero-order valence-corrected chi connectivity index (χ0v) is 14.5. The van der Waals surface area contributed by atoms with Crippen molar-refractivity contribution in [2.24, 2.45) is 0 Å². The summed E-state index contributed by atoms with van der Waals surface area (Å²) in [5.74, 6) is 0.807. The maximum atomic E-state index is 11.9. The van der Waals surface area contributed by atoms with Crippen LogP contribution in [0.5, 0.6) is 5.75 Å². The predicted molar refractivity (Wildman–Crippen MR) is 101 cm³/mol. The first-order chi connectivity index (χ1) is 12.7.